The summed E-state index contributed by atoms with van der Waals surface area (Å²) in [5.74, 6) is 1.22. The zero-order chi connectivity index (χ0) is 13.0. The second-order valence-corrected chi connectivity index (χ2v) is 5.05. The highest BCUT2D eigenvalue weighted by Gasteiger charge is 2.09. The van der Waals surface area contributed by atoms with E-state index in [-0.39, 0.29) is 6.61 Å². The second kappa shape index (κ2) is 6.15. The van der Waals surface area contributed by atoms with Crippen LogP contribution in [0.1, 0.15) is 19.8 Å². The Hall–Kier alpha value is -1.14. The molecule has 2 rings (SSSR count). The molecule has 0 saturated heterocycles. The average Bonchev–Trinajstić information content (AvgIpc) is 2.82. The summed E-state index contributed by atoms with van der Waals surface area (Å²) in [5.41, 5.74) is 0.817. The molecule has 98 valence electrons. The minimum atomic E-state index is 0.227. The van der Waals surface area contributed by atoms with Gasteiger partial charge in [0.15, 0.2) is 11.5 Å². The van der Waals surface area contributed by atoms with Crippen LogP contribution in [-0.2, 0) is 0 Å². The van der Waals surface area contributed by atoms with Gasteiger partial charge in [0, 0.05) is 31.7 Å². The molecule has 18 heavy (non-hydrogen) atoms. The van der Waals surface area contributed by atoms with Crippen LogP contribution in [-0.4, -0.2) is 32.6 Å². The van der Waals surface area contributed by atoms with Crippen LogP contribution in [0.5, 0.6) is 0 Å². The van der Waals surface area contributed by atoms with Crippen LogP contribution in [0.15, 0.2) is 23.2 Å². The van der Waals surface area contributed by atoms with Crippen molar-refractivity contribution in [1.82, 2.24) is 14.4 Å². The van der Waals surface area contributed by atoms with E-state index in [9.17, 15) is 0 Å². The first-order chi connectivity index (χ1) is 8.74. The molecule has 2 heterocycles. The molecule has 1 atom stereocenters. The Morgan fingerprint density at radius 1 is 1.56 bits per heavy atom. The fourth-order valence-corrected chi connectivity index (χ4v) is 2.29. The molecule has 5 nitrogen and oxygen atoms in total. The first kappa shape index (κ1) is 13.3. The van der Waals surface area contributed by atoms with E-state index in [0.29, 0.717) is 5.92 Å². The molecular weight excluding hydrogens is 296 g/mol. The lowest BCUT2D eigenvalue weighted by atomic mass is 10.0. The number of halogens is 1. The number of fused-ring (bicyclic) bond motifs is 1. The van der Waals surface area contributed by atoms with E-state index in [1.807, 2.05) is 16.8 Å². The van der Waals surface area contributed by atoms with Crippen molar-refractivity contribution < 1.29 is 5.11 Å². The Kier molecular flexibility index (Phi) is 4.54. The number of aliphatic hydroxyl groups is 1. The number of hydrogen-bond acceptors (Lipinski definition) is 4. The van der Waals surface area contributed by atoms with Gasteiger partial charge in [0.25, 0.3) is 0 Å². The Bertz CT molecular complexity index is 514. The maximum absolute atomic E-state index is 8.98. The molecule has 0 amide bonds. The number of nitrogens with zero attached hydrogens (tertiary/aromatic N) is 3. The summed E-state index contributed by atoms with van der Waals surface area (Å²) < 4.78 is 2.69. The van der Waals surface area contributed by atoms with Gasteiger partial charge in [0.05, 0.1) is 0 Å². The van der Waals surface area contributed by atoms with E-state index >= 15 is 0 Å². The van der Waals surface area contributed by atoms with Gasteiger partial charge in [-0.3, -0.25) is 0 Å². The molecule has 0 fully saturated rings. The van der Waals surface area contributed by atoms with E-state index in [1.165, 1.54) is 0 Å². The standard InChI is InChI=1S/C12H17BrN4O/c1-2-9(3-6-18)7-15-11-12-14-4-5-17(12)8-10(13)16-11/h4-5,8-9,18H,2-3,6-7H2,1H3,(H,15,16). The van der Waals surface area contributed by atoms with Crippen LogP contribution in [0, 0.1) is 5.92 Å². The van der Waals surface area contributed by atoms with E-state index in [2.05, 4.69) is 38.1 Å². The summed E-state index contributed by atoms with van der Waals surface area (Å²) >= 11 is 3.38. The lowest BCUT2D eigenvalue weighted by molar-refractivity contribution is 0.258. The molecule has 0 radical (unpaired) electrons. The molecule has 1 unspecified atom stereocenters. The zero-order valence-corrected chi connectivity index (χ0v) is 11.9. The number of hydrogen-bond donors (Lipinski definition) is 2. The third-order valence-corrected chi connectivity index (χ3v) is 3.40. The molecule has 0 bridgehead atoms. The SMILES string of the molecule is CCC(CCO)CNc1nc(Br)cn2ccnc12. The van der Waals surface area contributed by atoms with E-state index in [0.717, 1.165) is 35.5 Å². The summed E-state index contributed by atoms with van der Waals surface area (Å²) in [7, 11) is 0. The number of aliphatic hydroxyl groups excluding tert-OH is 1. The topological polar surface area (TPSA) is 62.5 Å². The normalized spacial score (nSPS) is 12.8. The average molecular weight is 313 g/mol. The minimum Gasteiger partial charge on any atom is -0.396 e. The summed E-state index contributed by atoms with van der Waals surface area (Å²) in [5, 5.41) is 12.3. The molecule has 2 aromatic rings. The Balaban J connectivity index is 2.13. The zero-order valence-electron chi connectivity index (χ0n) is 10.3. The maximum Gasteiger partial charge on any atom is 0.180 e. The van der Waals surface area contributed by atoms with Crippen LogP contribution in [0.4, 0.5) is 5.82 Å². The number of nitrogens with one attached hydrogen (secondary N) is 1. The van der Waals surface area contributed by atoms with Gasteiger partial charge in [0.1, 0.15) is 4.60 Å². The lowest BCUT2D eigenvalue weighted by Gasteiger charge is -2.15. The summed E-state index contributed by atoms with van der Waals surface area (Å²) in [6.07, 6.45) is 7.35. The predicted molar refractivity (Wildman–Crippen MR) is 74.7 cm³/mol. The van der Waals surface area contributed by atoms with Crippen LogP contribution < -0.4 is 5.32 Å². The maximum atomic E-state index is 8.98. The van der Waals surface area contributed by atoms with Crippen LogP contribution in [0.3, 0.4) is 0 Å². The fourth-order valence-electron chi connectivity index (χ4n) is 1.89. The summed E-state index contributed by atoms with van der Waals surface area (Å²) in [4.78, 5) is 8.68. The molecule has 0 spiro atoms. The highest BCUT2D eigenvalue weighted by molar-refractivity contribution is 9.10. The minimum absolute atomic E-state index is 0.227. The van der Waals surface area contributed by atoms with Gasteiger partial charge >= 0.3 is 0 Å². The van der Waals surface area contributed by atoms with Crippen molar-refractivity contribution >= 4 is 27.4 Å². The van der Waals surface area contributed by atoms with Crippen molar-refractivity contribution in [1.29, 1.82) is 0 Å². The fraction of sp³-hybridized carbons (Fsp3) is 0.500. The summed E-state index contributed by atoms with van der Waals surface area (Å²) in [6, 6.07) is 0. The predicted octanol–water partition coefficient (Wildman–Crippen LogP) is 2.31. The molecule has 2 aromatic heterocycles. The third-order valence-electron chi connectivity index (χ3n) is 3.02. The number of anilines is 1. The molecule has 0 aliphatic heterocycles. The van der Waals surface area contributed by atoms with Crippen molar-refractivity contribution in [3.8, 4) is 0 Å². The first-order valence-electron chi connectivity index (χ1n) is 6.08. The van der Waals surface area contributed by atoms with E-state index in [4.69, 9.17) is 5.11 Å². The number of aromatic nitrogens is 3. The van der Waals surface area contributed by atoms with E-state index in [1.54, 1.807) is 6.20 Å². The van der Waals surface area contributed by atoms with Crippen LogP contribution in [0.2, 0.25) is 0 Å². The van der Waals surface area contributed by atoms with Crippen molar-refractivity contribution in [2.45, 2.75) is 19.8 Å². The van der Waals surface area contributed by atoms with Crippen molar-refractivity contribution in [2.24, 2.45) is 5.92 Å². The second-order valence-electron chi connectivity index (χ2n) is 4.24. The first-order valence-corrected chi connectivity index (χ1v) is 6.87. The third kappa shape index (κ3) is 3.00. The molecule has 0 aromatic carbocycles. The van der Waals surface area contributed by atoms with Gasteiger partial charge in [-0.2, -0.15) is 0 Å². The van der Waals surface area contributed by atoms with Gasteiger partial charge in [-0.05, 0) is 28.3 Å². The van der Waals surface area contributed by atoms with Gasteiger partial charge in [-0.25, -0.2) is 9.97 Å². The van der Waals surface area contributed by atoms with Crippen molar-refractivity contribution in [3.63, 3.8) is 0 Å². The molecule has 6 heteroatoms. The van der Waals surface area contributed by atoms with Gasteiger partial charge in [-0.15, -0.1) is 0 Å². The molecule has 0 aliphatic carbocycles. The van der Waals surface area contributed by atoms with Gasteiger partial charge in [0.2, 0.25) is 0 Å². The van der Waals surface area contributed by atoms with Crippen molar-refractivity contribution in [2.75, 3.05) is 18.5 Å². The molecule has 2 N–H and O–H groups in total. The number of rotatable bonds is 6. The highest BCUT2D eigenvalue weighted by atomic mass is 79.9. The highest BCUT2D eigenvalue weighted by Crippen LogP contribution is 2.18. The largest absolute Gasteiger partial charge is 0.396 e. The molecule has 0 aliphatic rings. The van der Waals surface area contributed by atoms with Crippen LogP contribution >= 0.6 is 15.9 Å². The van der Waals surface area contributed by atoms with Gasteiger partial charge in [-0.1, -0.05) is 13.3 Å². The van der Waals surface area contributed by atoms with E-state index < -0.39 is 0 Å². The lowest BCUT2D eigenvalue weighted by Crippen LogP contribution is -2.16. The molecular formula is C12H17BrN4O. The summed E-state index contributed by atoms with van der Waals surface area (Å²) in [6.45, 7) is 3.15. The Morgan fingerprint density at radius 3 is 3.11 bits per heavy atom. The van der Waals surface area contributed by atoms with Gasteiger partial charge < -0.3 is 14.8 Å². The monoisotopic (exact) mass is 312 g/mol. The Labute approximate surface area is 114 Å². The van der Waals surface area contributed by atoms with Crippen LogP contribution in [0.25, 0.3) is 5.65 Å². The Morgan fingerprint density at radius 2 is 2.39 bits per heavy atom. The molecule has 0 saturated carbocycles. The number of imidazole rings is 1. The van der Waals surface area contributed by atoms with Crippen molar-refractivity contribution in [3.05, 3.63) is 23.2 Å². The smallest absolute Gasteiger partial charge is 0.180 e. The quantitative estimate of drug-likeness (QED) is 0.859.